The molecular weight excluding hydrogens is 210 g/mol. The van der Waals surface area contributed by atoms with Crippen LogP contribution in [0.1, 0.15) is 48.0 Å². The Balaban J connectivity index is 0.000000686. The molecule has 2 heterocycles. The van der Waals surface area contributed by atoms with Gasteiger partial charge >= 0.3 is 0 Å². The summed E-state index contributed by atoms with van der Waals surface area (Å²) in [7, 11) is 0. The molecule has 2 nitrogen and oxygen atoms in total. The molecule has 1 atom stereocenters. The monoisotopic (exact) mass is 237 g/mol. The maximum Gasteiger partial charge on any atom is 0.0736 e. The van der Waals surface area contributed by atoms with Gasteiger partial charge in [0.1, 0.15) is 0 Å². The van der Waals surface area contributed by atoms with Gasteiger partial charge in [0.15, 0.2) is 0 Å². The standard InChI is InChI=1S/C13H21NO.C2H6/c1-8(2)13-12-7-15-6-5-11(12)9(3)10(4)14-13;1-2/h8,10,14H,5-7H2,1-4H3;1-2H3. The van der Waals surface area contributed by atoms with Crippen molar-refractivity contribution in [3.8, 4) is 0 Å². The van der Waals surface area contributed by atoms with Gasteiger partial charge in [-0.2, -0.15) is 0 Å². The van der Waals surface area contributed by atoms with E-state index in [9.17, 15) is 0 Å². The second-order valence-corrected chi connectivity index (χ2v) is 4.88. The summed E-state index contributed by atoms with van der Waals surface area (Å²) in [4.78, 5) is 0. The largest absolute Gasteiger partial charge is 0.382 e. The predicted octanol–water partition coefficient (Wildman–Crippen LogP) is 3.65. The molecule has 17 heavy (non-hydrogen) atoms. The van der Waals surface area contributed by atoms with E-state index in [0.29, 0.717) is 12.0 Å². The number of nitrogens with one attached hydrogen (secondary N) is 1. The van der Waals surface area contributed by atoms with Crippen molar-refractivity contribution in [2.45, 2.75) is 54.0 Å². The van der Waals surface area contributed by atoms with Gasteiger partial charge in [0.2, 0.25) is 0 Å². The molecule has 0 aliphatic carbocycles. The normalized spacial score (nSPS) is 24.1. The Morgan fingerprint density at radius 2 is 1.88 bits per heavy atom. The van der Waals surface area contributed by atoms with Crippen molar-refractivity contribution < 1.29 is 4.74 Å². The van der Waals surface area contributed by atoms with Crippen LogP contribution in [-0.2, 0) is 4.74 Å². The van der Waals surface area contributed by atoms with Crippen molar-refractivity contribution in [1.29, 1.82) is 0 Å². The van der Waals surface area contributed by atoms with Gasteiger partial charge in [-0.05, 0) is 37.3 Å². The van der Waals surface area contributed by atoms with Gasteiger partial charge in [-0.1, -0.05) is 27.7 Å². The molecule has 0 spiro atoms. The first-order valence-corrected chi connectivity index (χ1v) is 6.88. The number of rotatable bonds is 1. The van der Waals surface area contributed by atoms with Gasteiger partial charge in [-0.25, -0.2) is 0 Å². The second-order valence-electron chi connectivity index (χ2n) is 4.88. The third-order valence-electron chi connectivity index (χ3n) is 3.51. The molecule has 2 heteroatoms. The van der Waals surface area contributed by atoms with Crippen molar-refractivity contribution in [2.75, 3.05) is 13.2 Å². The maximum atomic E-state index is 5.57. The predicted molar refractivity (Wildman–Crippen MR) is 73.9 cm³/mol. The number of hydrogen-bond donors (Lipinski definition) is 1. The highest BCUT2D eigenvalue weighted by atomic mass is 16.5. The molecule has 1 N–H and O–H groups in total. The molecule has 0 bridgehead atoms. The van der Waals surface area contributed by atoms with Gasteiger partial charge in [0.05, 0.1) is 13.2 Å². The zero-order valence-corrected chi connectivity index (χ0v) is 12.2. The molecule has 98 valence electrons. The molecular formula is C15H27NO. The Bertz CT molecular complexity index is 326. The molecule has 2 aliphatic rings. The fourth-order valence-corrected chi connectivity index (χ4v) is 2.47. The van der Waals surface area contributed by atoms with Crippen LogP contribution in [0.2, 0.25) is 0 Å². The molecule has 2 rings (SSSR count). The highest BCUT2D eigenvalue weighted by molar-refractivity contribution is 5.45. The zero-order chi connectivity index (χ0) is 13.0. The SMILES string of the molecule is CC.CC1=C2CCOCC2=C(C(C)C)NC1C. The first-order chi connectivity index (χ1) is 8.11. The van der Waals surface area contributed by atoms with Crippen LogP contribution in [0.25, 0.3) is 0 Å². The molecule has 2 aliphatic heterocycles. The quantitative estimate of drug-likeness (QED) is 0.751. The molecule has 0 aromatic rings. The number of fused-ring (bicyclic) bond motifs is 1. The average Bonchev–Trinajstić information content (AvgIpc) is 2.36. The summed E-state index contributed by atoms with van der Waals surface area (Å²) in [5.74, 6) is 0.562. The van der Waals surface area contributed by atoms with Crippen LogP contribution in [0.15, 0.2) is 22.4 Å². The Hall–Kier alpha value is -0.760. The van der Waals surface area contributed by atoms with Crippen molar-refractivity contribution in [3.63, 3.8) is 0 Å². The summed E-state index contributed by atoms with van der Waals surface area (Å²) in [5.41, 5.74) is 5.86. The van der Waals surface area contributed by atoms with Crippen molar-refractivity contribution in [3.05, 3.63) is 22.4 Å². The summed E-state index contributed by atoms with van der Waals surface area (Å²) >= 11 is 0. The van der Waals surface area contributed by atoms with Crippen LogP contribution in [0, 0.1) is 5.92 Å². The first kappa shape index (κ1) is 14.3. The number of allylic oxidation sites excluding steroid dienone is 1. The van der Waals surface area contributed by atoms with Crippen molar-refractivity contribution in [1.82, 2.24) is 5.32 Å². The van der Waals surface area contributed by atoms with E-state index in [0.717, 1.165) is 19.6 Å². The lowest BCUT2D eigenvalue weighted by atomic mass is 9.85. The van der Waals surface area contributed by atoms with Gasteiger partial charge in [-0.15, -0.1) is 0 Å². The third kappa shape index (κ3) is 2.92. The van der Waals surface area contributed by atoms with Gasteiger partial charge in [0, 0.05) is 17.3 Å². The van der Waals surface area contributed by atoms with Gasteiger partial charge < -0.3 is 10.1 Å². The molecule has 1 fully saturated rings. The van der Waals surface area contributed by atoms with Crippen LogP contribution >= 0.6 is 0 Å². The molecule has 0 aromatic heterocycles. The zero-order valence-electron chi connectivity index (χ0n) is 12.2. The van der Waals surface area contributed by atoms with Crippen LogP contribution in [-0.4, -0.2) is 19.3 Å². The van der Waals surface area contributed by atoms with Gasteiger partial charge in [-0.3, -0.25) is 0 Å². The minimum absolute atomic E-state index is 0.485. The molecule has 1 saturated heterocycles. The van der Waals surface area contributed by atoms with E-state index in [1.54, 1.807) is 5.57 Å². The summed E-state index contributed by atoms with van der Waals surface area (Å²) in [6, 6.07) is 0.485. The highest BCUT2D eigenvalue weighted by Gasteiger charge is 2.26. The number of hydrogen-bond acceptors (Lipinski definition) is 2. The first-order valence-electron chi connectivity index (χ1n) is 6.88. The molecule has 0 amide bonds. The van der Waals surface area contributed by atoms with Crippen LogP contribution < -0.4 is 5.32 Å². The molecule has 0 radical (unpaired) electrons. The van der Waals surface area contributed by atoms with Crippen molar-refractivity contribution >= 4 is 0 Å². The fourth-order valence-electron chi connectivity index (χ4n) is 2.47. The Kier molecular flexibility index (Phi) is 5.26. The van der Waals surface area contributed by atoms with E-state index in [4.69, 9.17) is 4.74 Å². The Labute approximate surface area is 106 Å². The lowest BCUT2D eigenvalue weighted by molar-refractivity contribution is 0.142. The minimum Gasteiger partial charge on any atom is -0.382 e. The molecule has 0 aromatic carbocycles. The molecule has 1 unspecified atom stereocenters. The minimum atomic E-state index is 0.485. The van der Waals surface area contributed by atoms with Crippen molar-refractivity contribution in [2.24, 2.45) is 5.92 Å². The van der Waals surface area contributed by atoms with E-state index in [1.807, 2.05) is 13.8 Å². The van der Waals surface area contributed by atoms with E-state index in [-0.39, 0.29) is 0 Å². The van der Waals surface area contributed by atoms with Gasteiger partial charge in [0.25, 0.3) is 0 Å². The smallest absolute Gasteiger partial charge is 0.0736 e. The lowest BCUT2D eigenvalue weighted by Gasteiger charge is -2.35. The van der Waals surface area contributed by atoms with E-state index in [1.165, 1.54) is 16.8 Å². The van der Waals surface area contributed by atoms with E-state index < -0.39 is 0 Å². The van der Waals surface area contributed by atoms with E-state index in [2.05, 4.69) is 33.0 Å². The second kappa shape index (κ2) is 6.25. The lowest BCUT2D eigenvalue weighted by Crippen LogP contribution is -2.37. The number of dihydropyridines is 1. The average molecular weight is 237 g/mol. The highest BCUT2D eigenvalue weighted by Crippen LogP contribution is 2.33. The number of ether oxygens (including phenoxy) is 1. The summed E-state index contributed by atoms with van der Waals surface area (Å²) < 4.78 is 5.57. The summed E-state index contributed by atoms with van der Waals surface area (Å²) in [5, 5.41) is 3.61. The van der Waals surface area contributed by atoms with Crippen LogP contribution in [0.3, 0.4) is 0 Å². The maximum absolute atomic E-state index is 5.57. The topological polar surface area (TPSA) is 21.3 Å². The fraction of sp³-hybridized carbons (Fsp3) is 0.733. The van der Waals surface area contributed by atoms with E-state index >= 15 is 0 Å². The summed E-state index contributed by atoms with van der Waals surface area (Å²) in [6.07, 6.45) is 1.09. The van der Waals surface area contributed by atoms with Crippen LogP contribution in [0.5, 0.6) is 0 Å². The third-order valence-corrected chi connectivity index (χ3v) is 3.51. The Morgan fingerprint density at radius 3 is 2.47 bits per heavy atom. The van der Waals surface area contributed by atoms with Crippen LogP contribution in [0.4, 0.5) is 0 Å². The molecule has 0 saturated carbocycles. The summed E-state index contributed by atoms with van der Waals surface area (Å²) in [6.45, 7) is 14.7. The Morgan fingerprint density at radius 1 is 1.24 bits per heavy atom.